The lowest BCUT2D eigenvalue weighted by molar-refractivity contribution is -0.302. The number of hydrogen-bond donors (Lipinski definition) is 1. The van der Waals surface area contributed by atoms with Gasteiger partial charge in [-0.05, 0) is 22.9 Å². The minimum atomic E-state index is -4.99. The van der Waals surface area contributed by atoms with Gasteiger partial charge < -0.3 is 5.11 Å². The van der Waals surface area contributed by atoms with Crippen LogP contribution in [-0.2, 0) is 11.3 Å². The van der Waals surface area contributed by atoms with Crippen molar-refractivity contribution in [3.05, 3.63) is 16.4 Å². The third-order valence-electron chi connectivity index (χ3n) is 2.94. The summed E-state index contributed by atoms with van der Waals surface area (Å²) in [5, 5.41) is 16.9. The van der Waals surface area contributed by atoms with E-state index in [1.54, 1.807) is 6.92 Å². The van der Waals surface area contributed by atoms with E-state index in [0.29, 0.717) is 10.2 Å². The minimum absolute atomic E-state index is 0.0576. The minimum Gasteiger partial charge on any atom is -0.362 e. The fourth-order valence-corrected chi connectivity index (χ4v) is 2.01. The summed E-state index contributed by atoms with van der Waals surface area (Å²) in [5.41, 5.74) is -2.71. The Labute approximate surface area is 120 Å². The first-order valence-corrected chi connectivity index (χ1v) is 6.28. The van der Waals surface area contributed by atoms with Gasteiger partial charge >= 0.3 is 6.18 Å². The van der Waals surface area contributed by atoms with Gasteiger partial charge in [-0.15, -0.1) is 0 Å². The van der Waals surface area contributed by atoms with Crippen molar-refractivity contribution in [1.29, 1.82) is 0 Å². The third-order valence-corrected chi connectivity index (χ3v) is 3.72. The molecule has 2 heterocycles. The molecule has 1 aromatic rings. The molecule has 10 heteroatoms. The second-order valence-electron chi connectivity index (χ2n) is 4.26. The first kappa shape index (κ1) is 15.0. The summed E-state index contributed by atoms with van der Waals surface area (Å²) >= 11 is 3.18. The lowest BCUT2D eigenvalue weighted by Gasteiger charge is -2.32. The number of carbonyl (C=O) groups is 1. The van der Waals surface area contributed by atoms with Crippen molar-refractivity contribution in [1.82, 2.24) is 14.8 Å². The molecule has 0 aliphatic carbocycles. The van der Waals surface area contributed by atoms with E-state index in [-0.39, 0.29) is 5.01 Å². The molecular formula is C10H10BrF3N4O2. The van der Waals surface area contributed by atoms with Gasteiger partial charge in [-0.25, -0.2) is 0 Å². The van der Waals surface area contributed by atoms with Gasteiger partial charge in [0.1, 0.15) is 6.54 Å². The maximum absolute atomic E-state index is 12.8. The van der Waals surface area contributed by atoms with Crippen LogP contribution >= 0.6 is 15.9 Å². The zero-order valence-corrected chi connectivity index (χ0v) is 11.8. The molecule has 0 radical (unpaired) electrons. The van der Waals surface area contributed by atoms with E-state index < -0.39 is 30.8 Å². The Morgan fingerprint density at radius 1 is 1.60 bits per heavy atom. The van der Waals surface area contributed by atoms with E-state index in [4.69, 9.17) is 0 Å². The number of hydrogen-bond acceptors (Lipinski definition) is 4. The van der Waals surface area contributed by atoms with Crippen LogP contribution in [0.2, 0.25) is 0 Å². The predicted octanol–water partition coefficient (Wildman–Crippen LogP) is 1.42. The Morgan fingerprint density at radius 2 is 2.25 bits per heavy atom. The number of aromatic nitrogens is 2. The second kappa shape index (κ2) is 4.85. The van der Waals surface area contributed by atoms with E-state index in [9.17, 15) is 23.1 Å². The highest BCUT2D eigenvalue weighted by Gasteiger charge is 2.61. The van der Waals surface area contributed by atoms with Crippen LogP contribution < -0.4 is 0 Å². The van der Waals surface area contributed by atoms with Gasteiger partial charge in [0.2, 0.25) is 0 Å². The van der Waals surface area contributed by atoms with Crippen LogP contribution in [0.15, 0.2) is 15.8 Å². The summed E-state index contributed by atoms with van der Waals surface area (Å²) in [5.74, 6) is -1.00. The van der Waals surface area contributed by atoms with Crippen LogP contribution in [0, 0.1) is 6.92 Å². The molecule has 1 atom stereocenters. The Bertz CT molecular complexity index is 571. The van der Waals surface area contributed by atoms with Crippen molar-refractivity contribution in [3.63, 3.8) is 0 Å². The van der Waals surface area contributed by atoms with Crippen molar-refractivity contribution in [2.45, 2.75) is 31.8 Å². The zero-order chi connectivity index (χ0) is 15.1. The van der Waals surface area contributed by atoms with E-state index in [1.165, 1.54) is 10.9 Å². The summed E-state index contributed by atoms with van der Waals surface area (Å²) in [6, 6.07) is 0. The molecule has 1 aromatic heterocycles. The van der Waals surface area contributed by atoms with Crippen molar-refractivity contribution in [2.24, 2.45) is 5.10 Å². The van der Waals surface area contributed by atoms with Gasteiger partial charge in [-0.2, -0.15) is 28.4 Å². The molecular weight excluding hydrogens is 345 g/mol. The standard InChI is InChI=1S/C10H10BrF3N4O2/c1-6-7(11)4-16-17(6)5-8(19)18-9(20,2-3-15-18)10(12,13)14/h3-4,20H,2,5H2,1H3/t9-/m1/s1. The molecule has 6 nitrogen and oxygen atoms in total. The average Bonchev–Trinajstić information content (AvgIpc) is 2.87. The third kappa shape index (κ3) is 2.33. The van der Waals surface area contributed by atoms with E-state index in [2.05, 4.69) is 26.1 Å². The number of nitrogens with zero attached hydrogens (tertiary/aromatic N) is 4. The topological polar surface area (TPSA) is 70.7 Å². The maximum atomic E-state index is 12.8. The number of rotatable bonds is 2. The number of alkyl halides is 3. The highest BCUT2D eigenvalue weighted by molar-refractivity contribution is 9.10. The molecule has 0 spiro atoms. The molecule has 0 fully saturated rings. The molecule has 20 heavy (non-hydrogen) atoms. The van der Waals surface area contributed by atoms with E-state index >= 15 is 0 Å². The monoisotopic (exact) mass is 354 g/mol. The number of hydrazone groups is 1. The van der Waals surface area contributed by atoms with Crippen LogP contribution in [0.25, 0.3) is 0 Å². The summed E-state index contributed by atoms with van der Waals surface area (Å²) in [6.07, 6.45) is -3.49. The van der Waals surface area contributed by atoms with Crippen molar-refractivity contribution >= 4 is 28.1 Å². The van der Waals surface area contributed by atoms with Crippen molar-refractivity contribution in [3.8, 4) is 0 Å². The molecule has 0 bridgehead atoms. The van der Waals surface area contributed by atoms with Gasteiger partial charge in [0.25, 0.3) is 11.6 Å². The summed E-state index contributed by atoms with van der Waals surface area (Å²) in [7, 11) is 0. The largest absolute Gasteiger partial charge is 0.438 e. The lowest BCUT2D eigenvalue weighted by atomic mass is 10.1. The Balaban J connectivity index is 2.21. The van der Waals surface area contributed by atoms with Crippen LogP contribution in [0.4, 0.5) is 13.2 Å². The SMILES string of the molecule is Cc1c(Br)cnn1CC(=O)N1N=CC[C@@]1(O)C(F)(F)F. The number of aliphatic hydroxyl groups is 1. The molecule has 1 amide bonds. The maximum Gasteiger partial charge on any atom is 0.438 e. The first-order valence-electron chi connectivity index (χ1n) is 5.49. The highest BCUT2D eigenvalue weighted by Crippen LogP contribution is 2.38. The smallest absolute Gasteiger partial charge is 0.362 e. The van der Waals surface area contributed by atoms with Crippen LogP contribution in [0.5, 0.6) is 0 Å². The van der Waals surface area contributed by atoms with Crippen molar-refractivity contribution < 1.29 is 23.1 Å². The molecule has 0 saturated heterocycles. The second-order valence-corrected chi connectivity index (χ2v) is 5.11. The fourth-order valence-electron chi connectivity index (χ4n) is 1.72. The van der Waals surface area contributed by atoms with Gasteiger partial charge in [-0.1, -0.05) is 0 Å². The van der Waals surface area contributed by atoms with Gasteiger partial charge in [-0.3, -0.25) is 9.48 Å². The predicted molar refractivity (Wildman–Crippen MR) is 65.6 cm³/mol. The van der Waals surface area contributed by atoms with Crippen LogP contribution in [0.3, 0.4) is 0 Å². The molecule has 0 unspecified atom stereocenters. The number of amides is 1. The fraction of sp³-hybridized carbons (Fsp3) is 0.500. The van der Waals surface area contributed by atoms with Gasteiger partial charge in [0, 0.05) is 12.6 Å². The molecule has 0 saturated carbocycles. The van der Waals surface area contributed by atoms with Crippen molar-refractivity contribution in [2.75, 3.05) is 0 Å². The quantitative estimate of drug-likeness (QED) is 0.873. The Morgan fingerprint density at radius 3 is 2.75 bits per heavy atom. The number of halogens is 4. The molecule has 1 N–H and O–H groups in total. The number of carbonyl (C=O) groups excluding carboxylic acids is 1. The van der Waals surface area contributed by atoms with Gasteiger partial charge in [0.15, 0.2) is 0 Å². The van der Waals surface area contributed by atoms with E-state index in [1.807, 2.05) is 0 Å². The van der Waals surface area contributed by atoms with Gasteiger partial charge in [0.05, 0.1) is 16.4 Å². The highest BCUT2D eigenvalue weighted by atomic mass is 79.9. The molecule has 110 valence electrons. The van der Waals surface area contributed by atoms with Crippen LogP contribution in [0.1, 0.15) is 12.1 Å². The first-order chi connectivity index (χ1) is 9.17. The van der Waals surface area contributed by atoms with E-state index in [0.717, 1.165) is 6.21 Å². The summed E-state index contributed by atoms with van der Waals surface area (Å²) < 4.78 is 40.3. The zero-order valence-electron chi connectivity index (χ0n) is 10.2. The Kier molecular flexibility index (Phi) is 3.63. The summed E-state index contributed by atoms with van der Waals surface area (Å²) in [6.45, 7) is 1.20. The van der Waals surface area contributed by atoms with Crippen LogP contribution in [-0.4, -0.2) is 43.9 Å². The lowest BCUT2D eigenvalue weighted by Crippen LogP contribution is -2.57. The normalized spacial score (nSPS) is 22.6. The molecule has 1 aliphatic heterocycles. The molecule has 2 rings (SSSR count). The average molecular weight is 355 g/mol. The molecule has 0 aromatic carbocycles. The Hall–Kier alpha value is -1.42. The molecule has 1 aliphatic rings. The summed E-state index contributed by atoms with van der Waals surface area (Å²) in [4.78, 5) is 11.9.